The lowest BCUT2D eigenvalue weighted by atomic mass is 10.1. The highest BCUT2D eigenvalue weighted by molar-refractivity contribution is 7.89. The van der Waals surface area contributed by atoms with Crippen LogP contribution in [0.4, 0.5) is 13.2 Å². The maximum absolute atomic E-state index is 12.5. The highest BCUT2D eigenvalue weighted by Crippen LogP contribution is 2.29. The largest absolute Gasteiger partial charge is 0.471 e. The van der Waals surface area contributed by atoms with Crippen LogP contribution in [0.3, 0.4) is 0 Å². The zero-order valence-electron chi connectivity index (χ0n) is 14.2. The van der Waals surface area contributed by atoms with Gasteiger partial charge in [-0.1, -0.05) is 29.4 Å². The molecule has 0 atom stereocenters. The molecular weight excluding hydrogens is 387 g/mol. The molecule has 0 amide bonds. The van der Waals surface area contributed by atoms with Gasteiger partial charge in [0.1, 0.15) is 0 Å². The summed E-state index contributed by atoms with van der Waals surface area (Å²) in [6, 6.07) is 7.51. The number of hydrogen-bond donors (Lipinski definition) is 0. The summed E-state index contributed by atoms with van der Waals surface area (Å²) >= 11 is 0. The van der Waals surface area contributed by atoms with Crippen LogP contribution in [0.15, 0.2) is 46.1 Å². The molecule has 0 unspecified atom stereocenters. The maximum atomic E-state index is 12.5. The Labute approximate surface area is 152 Å². The van der Waals surface area contributed by atoms with Gasteiger partial charge >= 0.3 is 12.1 Å². The Morgan fingerprint density at radius 1 is 1.19 bits per heavy atom. The van der Waals surface area contributed by atoms with Crippen molar-refractivity contribution in [2.75, 3.05) is 7.05 Å². The third-order valence-electron chi connectivity index (χ3n) is 3.65. The smallest absolute Gasteiger partial charge is 0.329 e. The van der Waals surface area contributed by atoms with E-state index in [-0.39, 0.29) is 17.4 Å². The van der Waals surface area contributed by atoms with Gasteiger partial charge in [-0.05, 0) is 11.6 Å². The summed E-state index contributed by atoms with van der Waals surface area (Å²) in [7, 11) is -0.735. The molecule has 0 aliphatic heterocycles. The lowest BCUT2D eigenvalue weighted by Crippen LogP contribution is -2.27. The van der Waals surface area contributed by atoms with E-state index in [1.165, 1.54) is 36.1 Å². The average molecular weight is 401 g/mol. The molecule has 0 saturated heterocycles. The number of sulfonamides is 1. The first-order valence-electron chi connectivity index (χ1n) is 7.53. The van der Waals surface area contributed by atoms with Gasteiger partial charge in [-0.25, -0.2) is 8.42 Å². The van der Waals surface area contributed by atoms with Gasteiger partial charge in [0.25, 0.3) is 10.0 Å². The molecule has 0 fully saturated rings. The number of hydrogen-bond acceptors (Lipinski definition) is 6. The van der Waals surface area contributed by atoms with Gasteiger partial charge in [-0.2, -0.15) is 27.6 Å². The third kappa shape index (κ3) is 4.01. The lowest BCUT2D eigenvalue weighted by molar-refractivity contribution is -0.159. The summed E-state index contributed by atoms with van der Waals surface area (Å²) in [6.07, 6.45) is -3.19. The molecule has 2 aromatic heterocycles. The minimum absolute atomic E-state index is 0.0548. The SMILES string of the molecule is CN(Cc1ccc(-c2noc(C(F)(F)F)n2)cc1)S(=O)(=O)c1ccn(C)n1. The zero-order valence-corrected chi connectivity index (χ0v) is 15.0. The number of aryl methyl sites for hydroxylation is 1. The number of aromatic nitrogens is 4. The van der Waals surface area contributed by atoms with Crippen molar-refractivity contribution in [3.63, 3.8) is 0 Å². The number of halogens is 3. The van der Waals surface area contributed by atoms with Crippen molar-refractivity contribution < 1.29 is 26.1 Å². The van der Waals surface area contributed by atoms with Crippen LogP contribution in [0.2, 0.25) is 0 Å². The van der Waals surface area contributed by atoms with E-state index in [0.29, 0.717) is 11.1 Å². The van der Waals surface area contributed by atoms with E-state index in [4.69, 9.17) is 0 Å². The molecule has 0 aliphatic rings. The number of benzene rings is 1. The topological polar surface area (TPSA) is 94.1 Å². The van der Waals surface area contributed by atoms with Crippen LogP contribution in [-0.4, -0.2) is 39.7 Å². The minimum Gasteiger partial charge on any atom is -0.329 e. The molecular formula is C15H14F3N5O3S. The molecule has 0 saturated carbocycles. The molecule has 27 heavy (non-hydrogen) atoms. The summed E-state index contributed by atoms with van der Waals surface area (Å²) in [6.45, 7) is 0.0548. The number of alkyl halides is 3. The first-order valence-corrected chi connectivity index (χ1v) is 8.97. The predicted octanol–water partition coefficient (Wildman–Crippen LogP) is 2.31. The molecule has 12 heteroatoms. The summed E-state index contributed by atoms with van der Waals surface area (Å²) in [5, 5.41) is 7.12. The third-order valence-corrected chi connectivity index (χ3v) is 5.35. The molecule has 0 N–H and O–H groups in total. The fraction of sp³-hybridized carbons (Fsp3) is 0.267. The van der Waals surface area contributed by atoms with E-state index < -0.39 is 22.1 Å². The zero-order chi connectivity index (χ0) is 19.8. The Morgan fingerprint density at radius 2 is 1.85 bits per heavy atom. The predicted molar refractivity (Wildman–Crippen MR) is 86.6 cm³/mol. The molecule has 3 aromatic rings. The molecule has 144 valence electrons. The van der Waals surface area contributed by atoms with E-state index in [0.717, 1.165) is 4.31 Å². The second-order valence-electron chi connectivity index (χ2n) is 5.71. The van der Waals surface area contributed by atoms with Crippen LogP contribution in [-0.2, 0) is 29.8 Å². The standard InChI is InChI=1S/C15H14F3N5O3S/c1-22-8-7-12(20-22)27(24,25)23(2)9-10-3-5-11(6-4-10)13-19-14(26-21-13)15(16,17)18/h3-8H,9H2,1-2H3. The second kappa shape index (κ2) is 6.78. The Hall–Kier alpha value is -2.73. The van der Waals surface area contributed by atoms with Crippen molar-refractivity contribution in [1.29, 1.82) is 0 Å². The van der Waals surface area contributed by atoms with Gasteiger partial charge in [0, 0.05) is 32.4 Å². The van der Waals surface area contributed by atoms with Crippen molar-refractivity contribution in [3.05, 3.63) is 48.0 Å². The van der Waals surface area contributed by atoms with Gasteiger partial charge in [0.05, 0.1) is 0 Å². The molecule has 3 rings (SSSR count). The second-order valence-corrected chi connectivity index (χ2v) is 7.70. The molecule has 0 spiro atoms. The Balaban J connectivity index is 1.75. The van der Waals surface area contributed by atoms with Crippen molar-refractivity contribution in [3.8, 4) is 11.4 Å². The van der Waals surface area contributed by atoms with Crippen LogP contribution < -0.4 is 0 Å². The normalized spacial score (nSPS) is 12.7. The van der Waals surface area contributed by atoms with Crippen LogP contribution in [0.1, 0.15) is 11.5 Å². The first-order chi connectivity index (χ1) is 12.6. The number of nitrogens with zero attached hydrogens (tertiary/aromatic N) is 5. The van der Waals surface area contributed by atoms with Crippen molar-refractivity contribution in [2.45, 2.75) is 17.7 Å². The van der Waals surface area contributed by atoms with Crippen LogP contribution >= 0.6 is 0 Å². The molecule has 0 bridgehead atoms. The van der Waals surface area contributed by atoms with Crippen molar-refractivity contribution >= 4 is 10.0 Å². The maximum Gasteiger partial charge on any atom is 0.471 e. The van der Waals surface area contributed by atoms with E-state index >= 15 is 0 Å². The van der Waals surface area contributed by atoms with E-state index in [1.54, 1.807) is 19.2 Å². The Morgan fingerprint density at radius 3 is 2.37 bits per heavy atom. The molecule has 0 aliphatic carbocycles. The molecule has 0 radical (unpaired) electrons. The first kappa shape index (κ1) is 19.0. The Bertz CT molecular complexity index is 1040. The van der Waals surface area contributed by atoms with Gasteiger partial charge < -0.3 is 4.52 Å². The van der Waals surface area contributed by atoms with Crippen molar-refractivity contribution in [2.24, 2.45) is 7.05 Å². The monoisotopic (exact) mass is 401 g/mol. The van der Waals surface area contributed by atoms with E-state index in [9.17, 15) is 21.6 Å². The fourth-order valence-electron chi connectivity index (χ4n) is 2.25. The fourth-order valence-corrected chi connectivity index (χ4v) is 3.35. The van der Waals surface area contributed by atoms with Gasteiger partial charge in [0.2, 0.25) is 5.82 Å². The highest BCUT2D eigenvalue weighted by atomic mass is 32.2. The van der Waals surface area contributed by atoms with Crippen LogP contribution in [0, 0.1) is 0 Å². The quantitative estimate of drug-likeness (QED) is 0.651. The van der Waals surface area contributed by atoms with Crippen LogP contribution in [0.25, 0.3) is 11.4 Å². The van der Waals surface area contributed by atoms with Crippen LogP contribution in [0.5, 0.6) is 0 Å². The van der Waals surface area contributed by atoms with Gasteiger partial charge in [0.15, 0.2) is 5.03 Å². The summed E-state index contributed by atoms with van der Waals surface area (Å²) in [4.78, 5) is 3.30. The van der Waals surface area contributed by atoms with Gasteiger partial charge in [-0.3, -0.25) is 4.68 Å². The summed E-state index contributed by atoms with van der Waals surface area (Å²) in [5.41, 5.74) is 0.938. The Kier molecular flexibility index (Phi) is 4.78. The average Bonchev–Trinajstić information content (AvgIpc) is 3.24. The number of rotatable bonds is 5. The van der Waals surface area contributed by atoms with E-state index in [2.05, 4.69) is 19.8 Å². The molecule has 8 nitrogen and oxygen atoms in total. The lowest BCUT2D eigenvalue weighted by Gasteiger charge is -2.15. The molecule has 2 heterocycles. The summed E-state index contributed by atoms with van der Waals surface area (Å²) in [5.74, 6) is -1.63. The van der Waals surface area contributed by atoms with E-state index in [1.807, 2.05) is 0 Å². The molecule has 1 aromatic carbocycles. The highest BCUT2D eigenvalue weighted by Gasteiger charge is 2.38. The summed E-state index contributed by atoms with van der Waals surface area (Å²) < 4.78 is 69.1. The van der Waals surface area contributed by atoms with Crippen molar-refractivity contribution in [1.82, 2.24) is 24.2 Å². The minimum atomic E-state index is -4.71. The van der Waals surface area contributed by atoms with Gasteiger partial charge in [-0.15, -0.1) is 0 Å².